The second kappa shape index (κ2) is 7.24. The molecule has 0 aromatic rings. The standard InChI is InChI=1S/C13H24N2O3/c1-9(12(16)17)4-3-7-14-13(18)15-10(2)8-11-5-6-11/h9-11H,3-8H2,1-2H3,(H,16,17)(H2,14,15,18). The van der Waals surface area contributed by atoms with E-state index in [-0.39, 0.29) is 18.0 Å². The van der Waals surface area contributed by atoms with Gasteiger partial charge < -0.3 is 15.7 Å². The Morgan fingerprint density at radius 1 is 1.33 bits per heavy atom. The van der Waals surface area contributed by atoms with E-state index < -0.39 is 5.97 Å². The Balaban J connectivity index is 2.00. The molecule has 18 heavy (non-hydrogen) atoms. The number of nitrogens with one attached hydrogen (secondary N) is 2. The van der Waals surface area contributed by atoms with Gasteiger partial charge in [-0.05, 0) is 32.1 Å². The molecule has 0 aliphatic heterocycles. The molecule has 0 bridgehead atoms. The van der Waals surface area contributed by atoms with E-state index >= 15 is 0 Å². The Hall–Kier alpha value is -1.26. The second-order valence-electron chi connectivity index (χ2n) is 5.36. The molecule has 1 saturated carbocycles. The highest BCUT2D eigenvalue weighted by atomic mass is 16.4. The van der Waals surface area contributed by atoms with Gasteiger partial charge in [0, 0.05) is 12.6 Å². The number of carboxylic acid groups (broad SMARTS) is 1. The average molecular weight is 256 g/mol. The Morgan fingerprint density at radius 3 is 2.56 bits per heavy atom. The van der Waals surface area contributed by atoms with Gasteiger partial charge in [-0.1, -0.05) is 19.8 Å². The number of amides is 2. The van der Waals surface area contributed by atoms with Gasteiger partial charge in [0.2, 0.25) is 0 Å². The lowest BCUT2D eigenvalue weighted by Crippen LogP contribution is -2.41. The van der Waals surface area contributed by atoms with Gasteiger partial charge in [0.05, 0.1) is 5.92 Å². The van der Waals surface area contributed by atoms with Crippen molar-refractivity contribution in [3.05, 3.63) is 0 Å². The Labute approximate surface area is 108 Å². The molecule has 5 heteroatoms. The number of urea groups is 1. The quantitative estimate of drug-likeness (QED) is 0.581. The maximum Gasteiger partial charge on any atom is 0.314 e. The van der Waals surface area contributed by atoms with Gasteiger partial charge in [-0.2, -0.15) is 0 Å². The first-order valence-corrected chi connectivity index (χ1v) is 6.76. The summed E-state index contributed by atoms with van der Waals surface area (Å²) in [6.07, 6.45) is 4.93. The molecule has 0 radical (unpaired) electrons. The van der Waals surface area contributed by atoms with Gasteiger partial charge in [-0.25, -0.2) is 4.79 Å². The van der Waals surface area contributed by atoms with Crippen LogP contribution >= 0.6 is 0 Å². The van der Waals surface area contributed by atoms with E-state index in [1.165, 1.54) is 12.8 Å². The van der Waals surface area contributed by atoms with E-state index in [1.54, 1.807) is 6.92 Å². The minimum absolute atomic E-state index is 0.147. The molecule has 5 nitrogen and oxygen atoms in total. The zero-order valence-electron chi connectivity index (χ0n) is 11.2. The van der Waals surface area contributed by atoms with Crippen LogP contribution in [-0.2, 0) is 4.79 Å². The third kappa shape index (κ3) is 6.47. The first-order valence-electron chi connectivity index (χ1n) is 6.76. The molecule has 0 aromatic heterocycles. The number of rotatable bonds is 8. The Bertz CT molecular complexity index is 290. The fourth-order valence-corrected chi connectivity index (χ4v) is 1.92. The summed E-state index contributed by atoms with van der Waals surface area (Å²) < 4.78 is 0. The molecule has 1 aliphatic rings. The van der Waals surface area contributed by atoms with Crippen molar-refractivity contribution < 1.29 is 14.7 Å². The molecule has 1 fully saturated rings. The summed E-state index contributed by atoms with van der Waals surface area (Å²) in [5.41, 5.74) is 0. The SMILES string of the molecule is CC(CC1CC1)NC(=O)NCCCC(C)C(=O)O. The lowest BCUT2D eigenvalue weighted by atomic mass is 10.1. The Kier molecular flexibility index (Phi) is 5.95. The van der Waals surface area contributed by atoms with Gasteiger partial charge in [-0.15, -0.1) is 0 Å². The summed E-state index contributed by atoms with van der Waals surface area (Å²) in [5.74, 6) is -0.321. The zero-order valence-corrected chi connectivity index (χ0v) is 11.2. The van der Waals surface area contributed by atoms with Crippen LogP contribution in [0.4, 0.5) is 4.79 Å². The average Bonchev–Trinajstić information content (AvgIpc) is 3.07. The van der Waals surface area contributed by atoms with Crippen molar-refractivity contribution in [1.29, 1.82) is 0 Å². The van der Waals surface area contributed by atoms with Crippen LogP contribution in [0.3, 0.4) is 0 Å². The van der Waals surface area contributed by atoms with Crippen LogP contribution in [0.2, 0.25) is 0 Å². The molecule has 1 rings (SSSR count). The van der Waals surface area contributed by atoms with Crippen molar-refractivity contribution in [2.24, 2.45) is 11.8 Å². The van der Waals surface area contributed by atoms with Gasteiger partial charge in [0.15, 0.2) is 0 Å². The summed E-state index contributed by atoms with van der Waals surface area (Å²) >= 11 is 0. The van der Waals surface area contributed by atoms with E-state index in [4.69, 9.17) is 5.11 Å². The van der Waals surface area contributed by atoms with Crippen molar-refractivity contribution in [2.45, 2.75) is 52.0 Å². The predicted octanol–water partition coefficient (Wildman–Crippen LogP) is 1.98. The number of hydrogen-bond donors (Lipinski definition) is 3. The number of carbonyl (C=O) groups is 2. The normalized spacial score (nSPS) is 17.9. The van der Waals surface area contributed by atoms with E-state index in [9.17, 15) is 9.59 Å². The first kappa shape index (κ1) is 14.8. The molecule has 0 saturated heterocycles. The monoisotopic (exact) mass is 256 g/mol. The molecule has 0 spiro atoms. The summed E-state index contributed by atoms with van der Waals surface area (Å²) in [6.45, 7) is 4.23. The summed E-state index contributed by atoms with van der Waals surface area (Å²) in [5, 5.41) is 14.4. The molecule has 0 aromatic carbocycles. The lowest BCUT2D eigenvalue weighted by molar-refractivity contribution is -0.141. The largest absolute Gasteiger partial charge is 0.481 e. The predicted molar refractivity (Wildman–Crippen MR) is 69.4 cm³/mol. The molecule has 0 heterocycles. The summed E-state index contributed by atoms with van der Waals surface area (Å²) in [4.78, 5) is 22.1. The van der Waals surface area contributed by atoms with Crippen molar-refractivity contribution in [1.82, 2.24) is 10.6 Å². The zero-order chi connectivity index (χ0) is 13.5. The van der Waals surface area contributed by atoms with Crippen molar-refractivity contribution >= 4 is 12.0 Å². The van der Waals surface area contributed by atoms with Crippen LogP contribution in [-0.4, -0.2) is 29.7 Å². The molecule has 2 unspecified atom stereocenters. The highest BCUT2D eigenvalue weighted by molar-refractivity contribution is 5.74. The summed E-state index contributed by atoms with van der Waals surface area (Å²) in [6, 6.07) is 0.0709. The number of hydrogen-bond acceptors (Lipinski definition) is 2. The van der Waals surface area contributed by atoms with Crippen molar-refractivity contribution in [3.8, 4) is 0 Å². The topological polar surface area (TPSA) is 78.4 Å². The van der Waals surface area contributed by atoms with Crippen LogP contribution in [0.15, 0.2) is 0 Å². The highest BCUT2D eigenvalue weighted by Crippen LogP contribution is 2.33. The van der Waals surface area contributed by atoms with Crippen LogP contribution in [0.1, 0.15) is 46.0 Å². The van der Waals surface area contributed by atoms with E-state index in [2.05, 4.69) is 10.6 Å². The van der Waals surface area contributed by atoms with Crippen LogP contribution in [0, 0.1) is 11.8 Å². The third-order valence-electron chi connectivity index (χ3n) is 3.28. The number of carbonyl (C=O) groups excluding carboxylic acids is 1. The summed E-state index contributed by atoms with van der Waals surface area (Å²) in [7, 11) is 0. The van der Waals surface area contributed by atoms with Crippen LogP contribution < -0.4 is 10.6 Å². The smallest absolute Gasteiger partial charge is 0.314 e. The third-order valence-corrected chi connectivity index (χ3v) is 3.28. The minimum Gasteiger partial charge on any atom is -0.481 e. The van der Waals surface area contributed by atoms with E-state index in [1.807, 2.05) is 6.92 Å². The molecule has 2 atom stereocenters. The van der Waals surface area contributed by atoms with Crippen LogP contribution in [0.5, 0.6) is 0 Å². The lowest BCUT2D eigenvalue weighted by Gasteiger charge is -2.14. The molecule has 2 amide bonds. The van der Waals surface area contributed by atoms with Gasteiger partial charge in [-0.3, -0.25) is 4.79 Å². The fraction of sp³-hybridized carbons (Fsp3) is 0.846. The van der Waals surface area contributed by atoms with Crippen molar-refractivity contribution in [3.63, 3.8) is 0 Å². The fourth-order valence-electron chi connectivity index (χ4n) is 1.92. The van der Waals surface area contributed by atoms with Gasteiger partial charge in [0.25, 0.3) is 0 Å². The maximum absolute atomic E-state index is 11.5. The van der Waals surface area contributed by atoms with Gasteiger partial charge >= 0.3 is 12.0 Å². The van der Waals surface area contributed by atoms with Gasteiger partial charge in [0.1, 0.15) is 0 Å². The first-order chi connectivity index (χ1) is 8.49. The molecule has 104 valence electrons. The van der Waals surface area contributed by atoms with Crippen LogP contribution in [0.25, 0.3) is 0 Å². The molecule has 3 N–H and O–H groups in total. The Morgan fingerprint density at radius 2 is 2.00 bits per heavy atom. The van der Waals surface area contributed by atoms with E-state index in [0.717, 1.165) is 12.3 Å². The minimum atomic E-state index is -0.780. The number of carboxylic acids is 1. The second-order valence-corrected chi connectivity index (χ2v) is 5.36. The van der Waals surface area contributed by atoms with E-state index in [0.29, 0.717) is 19.4 Å². The molecule has 1 aliphatic carbocycles. The highest BCUT2D eigenvalue weighted by Gasteiger charge is 2.24. The molecular weight excluding hydrogens is 232 g/mol. The van der Waals surface area contributed by atoms with Crippen molar-refractivity contribution in [2.75, 3.05) is 6.54 Å². The maximum atomic E-state index is 11.5. The number of aliphatic carboxylic acids is 1. The molecular formula is C13H24N2O3.